The quantitative estimate of drug-likeness (QED) is 0.911. The lowest BCUT2D eigenvalue weighted by molar-refractivity contribution is 0.0702. The van der Waals surface area contributed by atoms with E-state index in [0.717, 1.165) is 28.4 Å². The van der Waals surface area contributed by atoms with Gasteiger partial charge in [0.05, 0.1) is 5.69 Å². The molecule has 0 radical (unpaired) electrons. The van der Waals surface area contributed by atoms with Crippen LogP contribution in [0.4, 0.5) is 0 Å². The number of rotatable bonds is 3. The molecule has 90 valence electrons. The normalized spacial score (nSPS) is 16.3. The van der Waals surface area contributed by atoms with E-state index in [1.165, 1.54) is 30.6 Å². The lowest BCUT2D eigenvalue weighted by Crippen LogP contribution is -2.18. The Morgan fingerprint density at radius 2 is 2.41 bits per heavy atom. The molecule has 0 bridgehead atoms. The van der Waals surface area contributed by atoms with Gasteiger partial charge in [-0.05, 0) is 31.7 Å². The molecule has 4 nitrogen and oxygen atoms in total. The summed E-state index contributed by atoms with van der Waals surface area (Å²) in [7, 11) is 0. The number of carboxylic acids is 1. The second-order valence-electron chi connectivity index (χ2n) is 4.70. The van der Waals surface area contributed by atoms with Crippen LogP contribution in [0.3, 0.4) is 0 Å². The zero-order valence-electron chi connectivity index (χ0n) is 9.64. The van der Waals surface area contributed by atoms with E-state index in [2.05, 4.69) is 5.10 Å². The lowest BCUT2D eigenvalue weighted by Gasteiger charge is -2.25. The fourth-order valence-electron chi connectivity index (χ4n) is 2.26. The minimum absolute atomic E-state index is 0.405. The van der Waals surface area contributed by atoms with Gasteiger partial charge in [-0.25, -0.2) is 4.79 Å². The third-order valence-electron chi connectivity index (χ3n) is 3.47. The van der Waals surface area contributed by atoms with Crippen LogP contribution in [-0.4, -0.2) is 20.9 Å². The van der Waals surface area contributed by atoms with E-state index in [9.17, 15) is 4.79 Å². The second-order valence-corrected chi connectivity index (χ2v) is 5.73. The van der Waals surface area contributed by atoms with Crippen molar-refractivity contribution < 1.29 is 9.90 Å². The SMILES string of the molecule is Cc1nn(CC2CCC2)c2sc(C(=O)O)cc12. The summed E-state index contributed by atoms with van der Waals surface area (Å²) in [5.74, 6) is -0.117. The van der Waals surface area contributed by atoms with Crippen LogP contribution in [0.1, 0.15) is 34.6 Å². The first-order valence-electron chi connectivity index (χ1n) is 5.85. The molecule has 1 aliphatic rings. The van der Waals surface area contributed by atoms with E-state index < -0.39 is 5.97 Å². The Morgan fingerprint density at radius 3 is 3.00 bits per heavy atom. The van der Waals surface area contributed by atoms with Crippen molar-refractivity contribution in [3.63, 3.8) is 0 Å². The smallest absolute Gasteiger partial charge is 0.345 e. The van der Waals surface area contributed by atoms with Crippen molar-refractivity contribution in [1.29, 1.82) is 0 Å². The van der Waals surface area contributed by atoms with Crippen molar-refractivity contribution in [2.24, 2.45) is 5.92 Å². The summed E-state index contributed by atoms with van der Waals surface area (Å²) in [6.07, 6.45) is 3.87. The number of carbonyl (C=O) groups is 1. The first-order chi connectivity index (χ1) is 8.15. The summed E-state index contributed by atoms with van der Waals surface area (Å²) in [5, 5.41) is 14.5. The maximum atomic E-state index is 11.0. The largest absolute Gasteiger partial charge is 0.477 e. The van der Waals surface area contributed by atoms with E-state index in [4.69, 9.17) is 5.11 Å². The van der Waals surface area contributed by atoms with Gasteiger partial charge in [-0.3, -0.25) is 4.68 Å². The first-order valence-corrected chi connectivity index (χ1v) is 6.67. The average Bonchev–Trinajstić information content (AvgIpc) is 2.74. The van der Waals surface area contributed by atoms with Gasteiger partial charge in [0, 0.05) is 11.9 Å². The number of fused-ring (bicyclic) bond motifs is 1. The molecule has 3 rings (SSSR count). The molecule has 2 aromatic heterocycles. The first kappa shape index (κ1) is 10.8. The van der Waals surface area contributed by atoms with Gasteiger partial charge < -0.3 is 5.11 Å². The van der Waals surface area contributed by atoms with E-state index in [1.807, 2.05) is 11.6 Å². The van der Waals surface area contributed by atoms with E-state index in [-0.39, 0.29) is 0 Å². The molecule has 0 atom stereocenters. The van der Waals surface area contributed by atoms with Crippen LogP contribution in [0, 0.1) is 12.8 Å². The highest BCUT2D eigenvalue weighted by atomic mass is 32.1. The molecule has 0 saturated heterocycles. The van der Waals surface area contributed by atoms with Gasteiger partial charge in [0.15, 0.2) is 0 Å². The molecule has 2 heterocycles. The Balaban J connectivity index is 2.01. The Kier molecular flexibility index (Phi) is 2.43. The zero-order valence-corrected chi connectivity index (χ0v) is 10.5. The van der Waals surface area contributed by atoms with Crippen LogP contribution in [-0.2, 0) is 6.54 Å². The van der Waals surface area contributed by atoms with Crippen LogP contribution >= 0.6 is 11.3 Å². The van der Waals surface area contributed by atoms with Gasteiger partial charge in [-0.2, -0.15) is 5.10 Å². The number of aromatic carboxylic acids is 1. The molecule has 17 heavy (non-hydrogen) atoms. The van der Waals surface area contributed by atoms with E-state index >= 15 is 0 Å². The molecule has 0 aliphatic heterocycles. The Hall–Kier alpha value is -1.36. The maximum absolute atomic E-state index is 11.0. The molecule has 2 aromatic rings. The van der Waals surface area contributed by atoms with Gasteiger partial charge in [0.1, 0.15) is 9.71 Å². The molecule has 0 unspecified atom stereocenters. The molecule has 0 spiro atoms. The molecular weight excluding hydrogens is 236 g/mol. The highest BCUT2D eigenvalue weighted by molar-refractivity contribution is 7.20. The number of hydrogen-bond acceptors (Lipinski definition) is 3. The van der Waals surface area contributed by atoms with Crippen molar-refractivity contribution in [3.05, 3.63) is 16.6 Å². The molecule has 0 aromatic carbocycles. The number of aryl methyl sites for hydroxylation is 1. The van der Waals surface area contributed by atoms with Crippen LogP contribution in [0.15, 0.2) is 6.07 Å². The van der Waals surface area contributed by atoms with E-state index in [0.29, 0.717) is 4.88 Å². The van der Waals surface area contributed by atoms with Crippen molar-refractivity contribution >= 4 is 27.5 Å². The fraction of sp³-hybridized carbons (Fsp3) is 0.500. The fourth-order valence-corrected chi connectivity index (χ4v) is 3.27. The van der Waals surface area contributed by atoms with Crippen molar-refractivity contribution in [3.8, 4) is 0 Å². The zero-order chi connectivity index (χ0) is 12.0. The molecular formula is C12H14N2O2S. The number of hydrogen-bond donors (Lipinski definition) is 1. The molecule has 1 aliphatic carbocycles. The third-order valence-corrected chi connectivity index (χ3v) is 4.61. The molecule has 1 saturated carbocycles. The van der Waals surface area contributed by atoms with E-state index in [1.54, 1.807) is 6.07 Å². The predicted molar refractivity (Wildman–Crippen MR) is 66.6 cm³/mol. The van der Waals surface area contributed by atoms with Gasteiger partial charge in [-0.15, -0.1) is 11.3 Å². The minimum atomic E-state index is -0.846. The van der Waals surface area contributed by atoms with Crippen molar-refractivity contribution in [2.45, 2.75) is 32.7 Å². The number of aromatic nitrogens is 2. The summed E-state index contributed by atoms with van der Waals surface area (Å²) < 4.78 is 1.99. The van der Waals surface area contributed by atoms with Crippen LogP contribution in [0.25, 0.3) is 10.2 Å². The standard InChI is InChI=1S/C12H14N2O2S/c1-7-9-5-10(12(15)16)17-11(9)14(13-7)6-8-3-2-4-8/h5,8H,2-4,6H2,1H3,(H,15,16). The number of thiophene rings is 1. The predicted octanol–water partition coefficient (Wildman–Crippen LogP) is 2.90. The summed E-state index contributed by atoms with van der Waals surface area (Å²) in [5.41, 5.74) is 0.933. The second kappa shape index (κ2) is 3.84. The monoisotopic (exact) mass is 250 g/mol. The Morgan fingerprint density at radius 1 is 1.65 bits per heavy atom. The maximum Gasteiger partial charge on any atom is 0.345 e. The molecule has 5 heteroatoms. The van der Waals surface area contributed by atoms with Gasteiger partial charge >= 0.3 is 5.97 Å². The summed E-state index contributed by atoms with van der Waals surface area (Å²) in [6.45, 7) is 2.88. The summed E-state index contributed by atoms with van der Waals surface area (Å²) in [6, 6.07) is 1.74. The minimum Gasteiger partial charge on any atom is -0.477 e. The van der Waals surface area contributed by atoms with Gasteiger partial charge in [-0.1, -0.05) is 6.42 Å². The van der Waals surface area contributed by atoms with Crippen molar-refractivity contribution in [1.82, 2.24) is 9.78 Å². The highest BCUT2D eigenvalue weighted by Gasteiger charge is 2.21. The molecule has 0 amide bonds. The summed E-state index contributed by atoms with van der Waals surface area (Å²) in [4.78, 5) is 12.4. The van der Waals surface area contributed by atoms with Crippen LogP contribution in [0.2, 0.25) is 0 Å². The molecule has 1 N–H and O–H groups in total. The van der Waals surface area contributed by atoms with Gasteiger partial charge in [0.25, 0.3) is 0 Å². The lowest BCUT2D eigenvalue weighted by atomic mass is 9.85. The average molecular weight is 250 g/mol. The number of carboxylic acid groups (broad SMARTS) is 1. The Labute approximate surface area is 103 Å². The molecule has 1 fully saturated rings. The third kappa shape index (κ3) is 1.74. The highest BCUT2D eigenvalue weighted by Crippen LogP contribution is 2.32. The van der Waals surface area contributed by atoms with Crippen molar-refractivity contribution in [2.75, 3.05) is 0 Å². The summed E-state index contributed by atoms with van der Waals surface area (Å²) >= 11 is 1.33. The Bertz CT molecular complexity index is 581. The van der Waals surface area contributed by atoms with Crippen LogP contribution in [0.5, 0.6) is 0 Å². The topological polar surface area (TPSA) is 55.1 Å². The number of nitrogens with zero attached hydrogens (tertiary/aromatic N) is 2. The van der Waals surface area contributed by atoms with Gasteiger partial charge in [0.2, 0.25) is 0 Å². The van der Waals surface area contributed by atoms with Crippen LogP contribution < -0.4 is 0 Å².